The molecule has 0 spiro atoms. The highest BCUT2D eigenvalue weighted by molar-refractivity contribution is 5.80. The maximum atomic E-state index is 13.1. The predicted molar refractivity (Wildman–Crippen MR) is 109 cm³/mol. The van der Waals surface area contributed by atoms with Gasteiger partial charge in [0.05, 0.1) is 18.6 Å². The summed E-state index contributed by atoms with van der Waals surface area (Å²) >= 11 is 0. The number of nitrogens with one attached hydrogen (secondary N) is 1. The molecular weight excluding hydrogens is 352 g/mol. The SMILES string of the molecule is Cc1ccc(C(CC(=O)OC(C)C)NC(=O)C2CC3CCCC(C2)C3N)cc1. The van der Waals surface area contributed by atoms with E-state index in [-0.39, 0.29) is 42.4 Å². The number of amides is 1. The first kappa shape index (κ1) is 20.8. The number of carbonyl (C=O) groups excluding carboxylic acids is 2. The van der Waals surface area contributed by atoms with E-state index in [4.69, 9.17) is 10.5 Å². The van der Waals surface area contributed by atoms with Gasteiger partial charge in [-0.15, -0.1) is 0 Å². The number of aryl methyl sites for hydroxylation is 1. The summed E-state index contributed by atoms with van der Waals surface area (Å²) in [5, 5.41) is 3.15. The molecule has 1 amide bonds. The lowest BCUT2D eigenvalue weighted by Gasteiger charge is -2.43. The number of hydrogen-bond donors (Lipinski definition) is 2. The van der Waals surface area contributed by atoms with Gasteiger partial charge in [0.1, 0.15) is 0 Å². The summed E-state index contributed by atoms with van der Waals surface area (Å²) in [6.45, 7) is 5.69. The first-order valence-corrected chi connectivity index (χ1v) is 10.7. The fourth-order valence-electron chi connectivity index (χ4n) is 4.82. The van der Waals surface area contributed by atoms with E-state index in [1.807, 2.05) is 45.0 Å². The highest BCUT2D eigenvalue weighted by Crippen LogP contribution is 2.42. The number of rotatable bonds is 6. The topological polar surface area (TPSA) is 81.4 Å². The second-order valence-corrected chi connectivity index (χ2v) is 8.91. The Hall–Kier alpha value is -1.88. The first-order chi connectivity index (χ1) is 13.3. The third-order valence-corrected chi connectivity index (χ3v) is 6.32. The molecule has 0 heterocycles. The minimum Gasteiger partial charge on any atom is -0.463 e. The molecule has 2 fully saturated rings. The van der Waals surface area contributed by atoms with E-state index in [0.29, 0.717) is 11.8 Å². The first-order valence-electron chi connectivity index (χ1n) is 10.7. The Balaban J connectivity index is 1.70. The van der Waals surface area contributed by atoms with Crippen molar-refractivity contribution >= 4 is 11.9 Å². The van der Waals surface area contributed by atoms with E-state index in [1.54, 1.807) is 0 Å². The molecule has 5 heteroatoms. The molecule has 0 aromatic heterocycles. The van der Waals surface area contributed by atoms with Gasteiger partial charge in [-0.25, -0.2) is 0 Å². The van der Waals surface area contributed by atoms with Crippen LogP contribution in [0.3, 0.4) is 0 Å². The standard InChI is InChI=1S/C23H34N2O3/c1-14(2)28-21(26)13-20(16-9-7-15(3)8-10-16)25-23(27)19-11-17-5-4-6-18(12-19)22(17)24/h7-10,14,17-20,22H,4-6,11-13,24H2,1-3H3,(H,25,27). The van der Waals surface area contributed by atoms with Crippen LogP contribution in [0.25, 0.3) is 0 Å². The van der Waals surface area contributed by atoms with Crippen LogP contribution in [0, 0.1) is 24.7 Å². The lowest BCUT2D eigenvalue weighted by Crippen LogP contribution is -2.49. The van der Waals surface area contributed by atoms with Crippen LogP contribution >= 0.6 is 0 Å². The van der Waals surface area contributed by atoms with Crippen LogP contribution in [0.5, 0.6) is 0 Å². The van der Waals surface area contributed by atoms with Gasteiger partial charge in [-0.1, -0.05) is 36.2 Å². The van der Waals surface area contributed by atoms with Crippen molar-refractivity contribution in [1.29, 1.82) is 0 Å². The molecule has 0 radical (unpaired) electrons. The van der Waals surface area contributed by atoms with Gasteiger partial charge < -0.3 is 15.8 Å². The molecule has 2 aliphatic carbocycles. The summed E-state index contributed by atoms with van der Waals surface area (Å²) in [7, 11) is 0. The van der Waals surface area contributed by atoms with E-state index < -0.39 is 0 Å². The van der Waals surface area contributed by atoms with Crippen molar-refractivity contribution in [3.63, 3.8) is 0 Å². The van der Waals surface area contributed by atoms with Gasteiger partial charge in [0.25, 0.3) is 0 Å². The van der Waals surface area contributed by atoms with Gasteiger partial charge in [0, 0.05) is 12.0 Å². The molecule has 3 N–H and O–H groups in total. The van der Waals surface area contributed by atoms with Crippen molar-refractivity contribution < 1.29 is 14.3 Å². The van der Waals surface area contributed by atoms with Crippen LogP contribution in [0.1, 0.15) is 69.5 Å². The quantitative estimate of drug-likeness (QED) is 0.731. The average Bonchev–Trinajstić information content (AvgIpc) is 2.60. The maximum absolute atomic E-state index is 13.1. The molecule has 154 valence electrons. The summed E-state index contributed by atoms with van der Waals surface area (Å²) < 4.78 is 5.32. The van der Waals surface area contributed by atoms with Crippen LogP contribution in [-0.4, -0.2) is 24.0 Å². The van der Waals surface area contributed by atoms with Gasteiger partial charge in [-0.2, -0.15) is 0 Å². The number of benzene rings is 1. The summed E-state index contributed by atoms with van der Waals surface area (Å²) in [4.78, 5) is 25.4. The lowest BCUT2D eigenvalue weighted by atomic mass is 9.65. The van der Waals surface area contributed by atoms with E-state index in [1.165, 1.54) is 6.42 Å². The molecule has 1 aromatic carbocycles. The smallest absolute Gasteiger partial charge is 0.308 e. The monoisotopic (exact) mass is 386 g/mol. The average molecular weight is 387 g/mol. The van der Waals surface area contributed by atoms with Gasteiger partial charge >= 0.3 is 5.97 Å². The zero-order chi connectivity index (χ0) is 20.3. The van der Waals surface area contributed by atoms with Crippen molar-refractivity contribution in [2.24, 2.45) is 23.5 Å². The number of ether oxygens (including phenoxy) is 1. The van der Waals surface area contributed by atoms with Crippen molar-refractivity contribution in [2.45, 2.75) is 77.5 Å². The summed E-state index contributed by atoms with van der Waals surface area (Å²) in [5.74, 6) is 0.651. The largest absolute Gasteiger partial charge is 0.463 e. The van der Waals surface area contributed by atoms with Crippen LogP contribution in [0.4, 0.5) is 0 Å². The highest BCUT2D eigenvalue weighted by Gasteiger charge is 2.41. The number of carbonyl (C=O) groups is 2. The molecule has 3 unspecified atom stereocenters. The molecule has 0 aliphatic heterocycles. The Bertz CT molecular complexity index is 672. The molecule has 2 bridgehead atoms. The number of nitrogens with two attached hydrogens (primary N) is 1. The van der Waals surface area contributed by atoms with Crippen LogP contribution in [0.15, 0.2) is 24.3 Å². The third-order valence-electron chi connectivity index (χ3n) is 6.32. The summed E-state index contributed by atoms with van der Waals surface area (Å²) in [5.41, 5.74) is 8.46. The van der Waals surface area contributed by atoms with E-state index in [0.717, 1.165) is 36.8 Å². The molecular formula is C23H34N2O3. The third kappa shape index (κ3) is 5.13. The molecule has 0 saturated heterocycles. The van der Waals surface area contributed by atoms with E-state index in [9.17, 15) is 9.59 Å². The van der Waals surface area contributed by atoms with Gasteiger partial charge in [-0.3, -0.25) is 9.59 Å². The number of esters is 1. The van der Waals surface area contributed by atoms with Crippen LogP contribution in [0.2, 0.25) is 0 Å². The number of hydrogen-bond acceptors (Lipinski definition) is 4. The van der Waals surface area contributed by atoms with Gasteiger partial charge in [0.2, 0.25) is 5.91 Å². The van der Waals surface area contributed by atoms with Crippen LogP contribution < -0.4 is 11.1 Å². The lowest BCUT2D eigenvalue weighted by molar-refractivity contribution is -0.148. The highest BCUT2D eigenvalue weighted by atomic mass is 16.5. The molecule has 5 nitrogen and oxygen atoms in total. The zero-order valence-corrected chi connectivity index (χ0v) is 17.3. The Kier molecular flexibility index (Phi) is 6.76. The Morgan fingerprint density at radius 3 is 2.32 bits per heavy atom. The van der Waals surface area contributed by atoms with Crippen molar-refractivity contribution in [1.82, 2.24) is 5.32 Å². The van der Waals surface area contributed by atoms with Crippen LogP contribution in [-0.2, 0) is 14.3 Å². The van der Waals surface area contributed by atoms with E-state index >= 15 is 0 Å². The Morgan fingerprint density at radius 1 is 1.14 bits per heavy atom. The second-order valence-electron chi connectivity index (χ2n) is 8.91. The molecule has 3 atom stereocenters. The number of fused-ring (bicyclic) bond motifs is 2. The Labute approximate surface area is 168 Å². The molecule has 2 saturated carbocycles. The second kappa shape index (κ2) is 9.08. The minimum absolute atomic E-state index is 0.0100. The zero-order valence-electron chi connectivity index (χ0n) is 17.3. The fraction of sp³-hybridized carbons (Fsp3) is 0.652. The summed E-state index contributed by atoms with van der Waals surface area (Å²) in [6, 6.07) is 7.85. The fourth-order valence-corrected chi connectivity index (χ4v) is 4.82. The Morgan fingerprint density at radius 2 is 1.75 bits per heavy atom. The normalized spacial score (nSPS) is 27.9. The molecule has 2 aliphatic rings. The van der Waals surface area contributed by atoms with Gasteiger partial charge in [0.15, 0.2) is 0 Å². The minimum atomic E-state index is -0.366. The van der Waals surface area contributed by atoms with Gasteiger partial charge in [-0.05, 0) is 63.9 Å². The molecule has 1 aromatic rings. The van der Waals surface area contributed by atoms with E-state index in [2.05, 4.69) is 5.32 Å². The molecule has 3 rings (SSSR count). The van der Waals surface area contributed by atoms with Crippen molar-refractivity contribution in [3.05, 3.63) is 35.4 Å². The summed E-state index contributed by atoms with van der Waals surface area (Å²) in [6.07, 6.45) is 5.19. The van der Waals surface area contributed by atoms with Crippen molar-refractivity contribution in [3.8, 4) is 0 Å². The molecule has 28 heavy (non-hydrogen) atoms. The maximum Gasteiger partial charge on any atom is 0.308 e. The van der Waals surface area contributed by atoms with Crippen molar-refractivity contribution in [2.75, 3.05) is 0 Å². The predicted octanol–water partition coefficient (Wildman–Crippen LogP) is 3.65.